The number of halogens is 3. The van der Waals surface area contributed by atoms with Gasteiger partial charge in [0.1, 0.15) is 18.1 Å². The van der Waals surface area contributed by atoms with Gasteiger partial charge in [0, 0.05) is 23.1 Å². The molecule has 2 aliphatic heterocycles. The monoisotopic (exact) mass is 393 g/mol. The third kappa shape index (κ3) is 2.92. The molecule has 0 N–H and O–H groups in total. The highest BCUT2D eigenvalue weighted by Crippen LogP contribution is 2.42. The molecule has 0 fully saturated rings. The number of hydrogen-bond acceptors (Lipinski definition) is 3. The van der Waals surface area contributed by atoms with E-state index < -0.39 is 11.7 Å². The zero-order valence-corrected chi connectivity index (χ0v) is 15.1. The van der Waals surface area contributed by atoms with Crippen molar-refractivity contribution in [1.82, 2.24) is 0 Å². The molecule has 0 bridgehead atoms. The summed E-state index contributed by atoms with van der Waals surface area (Å²) in [6, 6.07) is 16.2. The molecule has 144 valence electrons. The summed E-state index contributed by atoms with van der Waals surface area (Å²) >= 11 is 0. The Balaban J connectivity index is 1.62. The van der Waals surface area contributed by atoms with E-state index in [0.717, 1.165) is 40.1 Å². The minimum Gasteiger partial charge on any atom is -0.488 e. The molecule has 0 atom stereocenters. The first-order chi connectivity index (χ1) is 13.9. The van der Waals surface area contributed by atoms with Gasteiger partial charge in [-0.15, -0.1) is 0 Å². The van der Waals surface area contributed by atoms with E-state index >= 15 is 0 Å². The summed E-state index contributed by atoms with van der Waals surface area (Å²) in [6.45, 7) is 0.331. The lowest BCUT2D eigenvalue weighted by atomic mass is 9.87. The zero-order valence-electron chi connectivity index (χ0n) is 15.1. The first-order valence-corrected chi connectivity index (χ1v) is 9.08. The first kappa shape index (κ1) is 17.7. The second-order valence-corrected chi connectivity index (χ2v) is 7.01. The number of rotatable bonds is 1. The summed E-state index contributed by atoms with van der Waals surface area (Å²) < 4.78 is 45.0. The number of fused-ring (bicyclic) bond motifs is 5. The Morgan fingerprint density at radius 3 is 2.55 bits per heavy atom. The van der Waals surface area contributed by atoms with Gasteiger partial charge in [0.15, 0.2) is 5.78 Å². The van der Waals surface area contributed by atoms with Gasteiger partial charge in [-0.2, -0.15) is 13.2 Å². The fraction of sp³-hybridized carbons (Fsp3) is 0.130. The first-order valence-electron chi connectivity index (χ1n) is 9.08. The van der Waals surface area contributed by atoms with Crippen LogP contribution in [0.3, 0.4) is 0 Å². The quantitative estimate of drug-likeness (QED) is 0.547. The van der Waals surface area contributed by atoms with Crippen LogP contribution in [-0.4, -0.2) is 11.5 Å². The average Bonchev–Trinajstić information content (AvgIpc) is 2.72. The molecule has 0 radical (unpaired) electrons. The molecule has 0 unspecified atom stereocenters. The van der Waals surface area contributed by atoms with E-state index in [4.69, 9.17) is 4.74 Å². The van der Waals surface area contributed by atoms with E-state index in [0.29, 0.717) is 12.3 Å². The Morgan fingerprint density at radius 2 is 1.72 bits per heavy atom. The fourth-order valence-corrected chi connectivity index (χ4v) is 3.86. The normalized spacial score (nSPS) is 15.0. The van der Waals surface area contributed by atoms with Crippen molar-refractivity contribution in [2.24, 2.45) is 4.99 Å². The Labute approximate surface area is 164 Å². The van der Waals surface area contributed by atoms with Crippen LogP contribution in [0, 0.1) is 0 Å². The summed E-state index contributed by atoms with van der Waals surface area (Å²) in [6.07, 6.45) is -4.39. The van der Waals surface area contributed by atoms with Crippen LogP contribution in [0.1, 0.15) is 22.3 Å². The lowest BCUT2D eigenvalue weighted by molar-refractivity contribution is -0.137. The van der Waals surface area contributed by atoms with E-state index in [1.165, 1.54) is 12.1 Å². The van der Waals surface area contributed by atoms with Crippen LogP contribution >= 0.6 is 0 Å². The number of carbonyl (C=O) groups excluding carboxylic acids is 1. The number of alkyl halides is 3. The Morgan fingerprint density at radius 1 is 0.897 bits per heavy atom. The Bertz CT molecular complexity index is 1190. The molecule has 0 amide bonds. The molecule has 0 aromatic heterocycles. The molecule has 2 heterocycles. The van der Waals surface area contributed by atoms with Crippen molar-refractivity contribution in [3.05, 3.63) is 82.9 Å². The third-order valence-corrected chi connectivity index (χ3v) is 5.25. The lowest BCUT2D eigenvalue weighted by Gasteiger charge is -2.26. The Hall–Kier alpha value is -3.41. The highest BCUT2D eigenvalue weighted by molar-refractivity contribution is 6.47. The molecule has 6 heteroatoms. The number of nitrogens with zero attached hydrogens (tertiary/aromatic N) is 1. The maximum absolute atomic E-state index is 13.0. The molecule has 5 rings (SSSR count). The summed E-state index contributed by atoms with van der Waals surface area (Å²) in [5, 5.41) is 0. The average molecular weight is 393 g/mol. The van der Waals surface area contributed by atoms with Crippen molar-refractivity contribution in [3.8, 4) is 16.9 Å². The molecule has 29 heavy (non-hydrogen) atoms. The van der Waals surface area contributed by atoms with E-state index in [2.05, 4.69) is 4.99 Å². The zero-order chi connectivity index (χ0) is 20.2. The minimum absolute atomic E-state index is 0.0562. The van der Waals surface area contributed by atoms with Crippen LogP contribution in [0.2, 0.25) is 0 Å². The smallest absolute Gasteiger partial charge is 0.416 e. The largest absolute Gasteiger partial charge is 0.488 e. The minimum atomic E-state index is -4.48. The van der Waals surface area contributed by atoms with Crippen LogP contribution in [0.25, 0.3) is 11.1 Å². The summed E-state index contributed by atoms with van der Waals surface area (Å²) in [4.78, 5) is 17.2. The number of carbonyl (C=O) groups is 1. The Kier molecular flexibility index (Phi) is 3.84. The van der Waals surface area contributed by atoms with E-state index in [1.54, 1.807) is 0 Å². The van der Waals surface area contributed by atoms with Crippen molar-refractivity contribution in [1.29, 1.82) is 0 Å². The second-order valence-electron chi connectivity index (χ2n) is 7.01. The van der Waals surface area contributed by atoms with Gasteiger partial charge in [0.05, 0.1) is 11.3 Å². The van der Waals surface area contributed by atoms with Crippen molar-refractivity contribution in [2.45, 2.75) is 19.2 Å². The van der Waals surface area contributed by atoms with Crippen molar-refractivity contribution < 1.29 is 22.7 Å². The summed E-state index contributed by atoms with van der Waals surface area (Å²) in [5.41, 5.74) is 3.66. The SMILES string of the molecule is O=C1Cc2c(ccc3c2COc2ccccc2-3)N=C1c1cccc(C(F)(F)F)c1. The van der Waals surface area contributed by atoms with Gasteiger partial charge in [-0.25, -0.2) is 4.99 Å². The molecule has 0 saturated carbocycles. The molecule has 2 aliphatic rings. The second kappa shape index (κ2) is 6.30. The number of aliphatic imine (C=N–C) groups is 1. The van der Waals surface area contributed by atoms with Crippen molar-refractivity contribution in [2.75, 3.05) is 0 Å². The predicted octanol–water partition coefficient (Wildman–Crippen LogP) is 5.51. The molecule has 3 aromatic carbocycles. The summed E-state index contributed by atoms with van der Waals surface area (Å²) in [7, 11) is 0. The molecule has 0 aliphatic carbocycles. The number of hydrogen-bond donors (Lipinski definition) is 0. The number of ketones is 1. The number of para-hydroxylation sites is 1. The molecular weight excluding hydrogens is 379 g/mol. The molecule has 3 nitrogen and oxygen atoms in total. The standard InChI is InChI=1S/C23H14F3NO2/c24-23(25,26)14-5-3-4-13(10-14)22-20(28)11-17-18-12-29-21-7-2-1-6-16(21)15(18)8-9-19(17)27-22/h1-10H,11-12H2. The van der Waals surface area contributed by atoms with E-state index in [9.17, 15) is 18.0 Å². The van der Waals surface area contributed by atoms with Crippen LogP contribution in [0.5, 0.6) is 5.75 Å². The van der Waals surface area contributed by atoms with Crippen LogP contribution < -0.4 is 4.74 Å². The number of ether oxygens (including phenoxy) is 1. The lowest BCUT2D eigenvalue weighted by Crippen LogP contribution is -2.23. The van der Waals surface area contributed by atoms with Gasteiger partial charge in [0.25, 0.3) is 0 Å². The van der Waals surface area contributed by atoms with Gasteiger partial charge in [0.2, 0.25) is 0 Å². The number of Topliss-reactive ketones (excluding diaryl/α,β-unsaturated/α-hetero) is 1. The van der Waals surface area contributed by atoms with Crippen molar-refractivity contribution in [3.63, 3.8) is 0 Å². The molecule has 0 spiro atoms. The third-order valence-electron chi connectivity index (χ3n) is 5.25. The van der Waals surface area contributed by atoms with Crippen LogP contribution in [-0.2, 0) is 24.0 Å². The molecule has 0 saturated heterocycles. The predicted molar refractivity (Wildman–Crippen MR) is 103 cm³/mol. The fourth-order valence-electron chi connectivity index (χ4n) is 3.86. The number of benzene rings is 3. The van der Waals surface area contributed by atoms with Gasteiger partial charge >= 0.3 is 6.18 Å². The maximum Gasteiger partial charge on any atom is 0.416 e. The van der Waals surface area contributed by atoms with Crippen molar-refractivity contribution >= 4 is 17.2 Å². The van der Waals surface area contributed by atoms with E-state index in [-0.39, 0.29) is 23.5 Å². The maximum atomic E-state index is 13.0. The highest BCUT2D eigenvalue weighted by Gasteiger charge is 2.32. The topological polar surface area (TPSA) is 38.7 Å². The summed E-state index contributed by atoms with van der Waals surface area (Å²) in [5.74, 6) is 0.485. The van der Waals surface area contributed by atoms with E-state index in [1.807, 2.05) is 36.4 Å². The van der Waals surface area contributed by atoms with Gasteiger partial charge in [-0.1, -0.05) is 36.4 Å². The van der Waals surface area contributed by atoms with Gasteiger partial charge < -0.3 is 4.74 Å². The van der Waals surface area contributed by atoms with Gasteiger partial charge in [-0.3, -0.25) is 4.79 Å². The van der Waals surface area contributed by atoms with Gasteiger partial charge in [-0.05, 0) is 35.4 Å². The van der Waals surface area contributed by atoms with Crippen LogP contribution in [0.4, 0.5) is 18.9 Å². The highest BCUT2D eigenvalue weighted by atomic mass is 19.4. The van der Waals surface area contributed by atoms with Crippen LogP contribution in [0.15, 0.2) is 65.7 Å². The molecule has 3 aromatic rings. The molecular formula is C23H14F3NO2.